The molecule has 23 heavy (non-hydrogen) atoms. The first-order valence-corrected chi connectivity index (χ1v) is 7.62. The van der Waals surface area contributed by atoms with Crippen LogP contribution in [0.3, 0.4) is 0 Å². The number of ether oxygens (including phenoxy) is 1. The number of nitrogens with zero attached hydrogens (tertiary/aromatic N) is 1. The van der Waals surface area contributed by atoms with Crippen molar-refractivity contribution in [3.63, 3.8) is 0 Å². The molecule has 1 atom stereocenters. The molecule has 2 aromatic rings. The van der Waals surface area contributed by atoms with Gasteiger partial charge in [0.1, 0.15) is 10.8 Å². The van der Waals surface area contributed by atoms with Crippen LogP contribution in [-0.2, 0) is 4.84 Å². The van der Waals surface area contributed by atoms with E-state index < -0.39 is 6.36 Å². The molecule has 0 aromatic heterocycles. The minimum atomic E-state index is -4.69. The lowest BCUT2D eigenvalue weighted by Crippen LogP contribution is -2.17. The fourth-order valence-electron chi connectivity index (χ4n) is 2.10. The second kappa shape index (κ2) is 6.54. The summed E-state index contributed by atoms with van der Waals surface area (Å²) < 4.78 is 40.2. The first-order chi connectivity index (χ1) is 11.0. The van der Waals surface area contributed by atoms with Crippen molar-refractivity contribution in [3.05, 3.63) is 60.2 Å². The molecule has 1 aliphatic rings. The maximum Gasteiger partial charge on any atom is 0.573 e. The molecule has 0 unspecified atom stereocenters. The van der Waals surface area contributed by atoms with Crippen molar-refractivity contribution in [2.75, 3.05) is 0 Å². The Morgan fingerprint density at radius 3 is 2.39 bits per heavy atom. The van der Waals surface area contributed by atoms with Crippen molar-refractivity contribution in [1.29, 1.82) is 0 Å². The lowest BCUT2D eigenvalue weighted by Gasteiger charge is -2.11. The Balaban J connectivity index is 1.59. The first-order valence-electron chi connectivity index (χ1n) is 6.81. The van der Waals surface area contributed by atoms with Gasteiger partial charge in [0, 0.05) is 11.3 Å². The van der Waals surface area contributed by atoms with Crippen LogP contribution in [0.2, 0.25) is 0 Å². The third kappa shape index (κ3) is 4.41. The molecule has 0 bridgehead atoms. The highest BCUT2D eigenvalue weighted by atomic mass is 32.2. The quantitative estimate of drug-likeness (QED) is 0.774. The fraction of sp³-hybridized carbons (Fsp3) is 0.188. The number of rotatable bonds is 3. The molecule has 0 amide bonds. The molecule has 120 valence electrons. The van der Waals surface area contributed by atoms with Crippen molar-refractivity contribution in [2.24, 2.45) is 5.16 Å². The maximum atomic E-state index is 12.1. The SMILES string of the molecule is FC(F)(F)Oc1ccc([C@H]2CC(Sc3ccccc3)=NO2)cc1. The molecule has 0 saturated heterocycles. The summed E-state index contributed by atoms with van der Waals surface area (Å²) >= 11 is 1.51. The van der Waals surface area contributed by atoms with Crippen molar-refractivity contribution in [3.8, 4) is 5.75 Å². The Labute approximate surface area is 135 Å². The standard InChI is InChI=1S/C16H12F3NO2S/c17-16(18,19)21-12-8-6-11(7-9-12)14-10-15(20-22-14)23-13-4-2-1-3-5-13/h1-9,14H,10H2/t14-/m1/s1. The maximum absolute atomic E-state index is 12.1. The molecule has 0 aliphatic carbocycles. The van der Waals surface area contributed by atoms with E-state index in [-0.39, 0.29) is 11.9 Å². The predicted molar refractivity (Wildman–Crippen MR) is 81.3 cm³/mol. The highest BCUT2D eigenvalue weighted by Crippen LogP contribution is 2.34. The number of benzene rings is 2. The zero-order valence-corrected chi connectivity index (χ0v) is 12.6. The van der Waals surface area contributed by atoms with E-state index in [0.29, 0.717) is 6.42 Å². The fourth-order valence-corrected chi connectivity index (χ4v) is 2.98. The third-order valence-corrected chi connectivity index (χ3v) is 4.09. The van der Waals surface area contributed by atoms with Gasteiger partial charge >= 0.3 is 6.36 Å². The van der Waals surface area contributed by atoms with Crippen LogP contribution >= 0.6 is 11.8 Å². The summed E-state index contributed by atoms with van der Waals surface area (Å²) in [5.74, 6) is -0.251. The molecule has 1 aliphatic heterocycles. The smallest absolute Gasteiger partial charge is 0.406 e. The Kier molecular flexibility index (Phi) is 4.47. The summed E-state index contributed by atoms with van der Waals surface area (Å²) in [5.41, 5.74) is 0.756. The van der Waals surface area contributed by atoms with Crippen LogP contribution in [0.15, 0.2) is 64.6 Å². The molecule has 0 saturated carbocycles. The van der Waals surface area contributed by atoms with Crippen LogP contribution in [-0.4, -0.2) is 11.4 Å². The van der Waals surface area contributed by atoms with Gasteiger partial charge < -0.3 is 9.57 Å². The average molecular weight is 339 g/mol. The topological polar surface area (TPSA) is 30.8 Å². The van der Waals surface area contributed by atoms with E-state index in [4.69, 9.17) is 4.84 Å². The van der Waals surface area contributed by atoms with Gasteiger partial charge in [-0.3, -0.25) is 0 Å². The Hall–Kier alpha value is -2.15. The number of thioether (sulfide) groups is 1. The van der Waals surface area contributed by atoms with E-state index in [1.54, 1.807) is 12.1 Å². The molecule has 0 N–H and O–H groups in total. The Morgan fingerprint density at radius 2 is 1.74 bits per heavy atom. The second-order valence-corrected chi connectivity index (χ2v) is 5.96. The van der Waals surface area contributed by atoms with Gasteiger partial charge in [0.25, 0.3) is 0 Å². The summed E-state index contributed by atoms with van der Waals surface area (Å²) in [7, 11) is 0. The van der Waals surface area contributed by atoms with E-state index in [1.807, 2.05) is 30.3 Å². The first kappa shape index (κ1) is 15.7. The summed E-state index contributed by atoms with van der Waals surface area (Å²) in [6.07, 6.45) is -4.39. The molecule has 3 rings (SSSR count). The lowest BCUT2D eigenvalue weighted by atomic mass is 10.1. The number of hydrogen-bond donors (Lipinski definition) is 0. The predicted octanol–water partition coefficient (Wildman–Crippen LogP) is 5.15. The number of oxime groups is 1. The van der Waals surface area contributed by atoms with Crippen LogP contribution < -0.4 is 4.74 Å². The molecule has 1 heterocycles. The van der Waals surface area contributed by atoms with Crippen LogP contribution in [0.5, 0.6) is 5.75 Å². The van der Waals surface area contributed by atoms with Crippen molar-refractivity contribution < 1.29 is 22.7 Å². The van der Waals surface area contributed by atoms with E-state index in [0.717, 1.165) is 15.5 Å². The third-order valence-electron chi connectivity index (χ3n) is 3.11. The molecule has 0 fully saturated rings. The van der Waals surface area contributed by atoms with Gasteiger partial charge in [-0.25, -0.2) is 0 Å². The van der Waals surface area contributed by atoms with Crippen LogP contribution in [0.4, 0.5) is 13.2 Å². The molecule has 0 radical (unpaired) electrons. The average Bonchev–Trinajstić information content (AvgIpc) is 2.96. The van der Waals surface area contributed by atoms with E-state index in [2.05, 4.69) is 9.89 Å². The van der Waals surface area contributed by atoms with Crippen molar-refractivity contribution >= 4 is 16.8 Å². The van der Waals surface area contributed by atoms with Crippen molar-refractivity contribution in [1.82, 2.24) is 0 Å². The van der Waals surface area contributed by atoms with Gasteiger partial charge in [-0.15, -0.1) is 13.2 Å². The molecule has 2 aromatic carbocycles. The van der Waals surface area contributed by atoms with E-state index in [1.165, 1.54) is 23.9 Å². The van der Waals surface area contributed by atoms with Crippen molar-refractivity contribution in [2.45, 2.75) is 23.8 Å². The summed E-state index contributed by atoms with van der Waals surface area (Å²) in [4.78, 5) is 6.43. The van der Waals surface area contributed by atoms with Gasteiger partial charge in [-0.05, 0) is 29.8 Å². The van der Waals surface area contributed by atoms with Gasteiger partial charge in [0.2, 0.25) is 0 Å². The van der Waals surface area contributed by atoms with Gasteiger partial charge in [-0.1, -0.05) is 47.2 Å². The van der Waals surface area contributed by atoms with Crippen LogP contribution in [0, 0.1) is 0 Å². The molecular formula is C16H12F3NO2S. The molecule has 3 nitrogen and oxygen atoms in total. The van der Waals surface area contributed by atoms with Crippen LogP contribution in [0.25, 0.3) is 0 Å². The largest absolute Gasteiger partial charge is 0.573 e. The molecule has 0 spiro atoms. The van der Waals surface area contributed by atoms with E-state index in [9.17, 15) is 13.2 Å². The summed E-state index contributed by atoms with van der Waals surface area (Å²) in [6.45, 7) is 0. The summed E-state index contributed by atoms with van der Waals surface area (Å²) in [6, 6.07) is 15.4. The second-order valence-electron chi connectivity index (χ2n) is 4.82. The minimum absolute atomic E-state index is 0.251. The molecule has 7 heteroatoms. The van der Waals surface area contributed by atoms with Gasteiger partial charge in [0.15, 0.2) is 6.10 Å². The Morgan fingerprint density at radius 1 is 1.04 bits per heavy atom. The Bertz CT molecular complexity index is 687. The highest BCUT2D eigenvalue weighted by molar-refractivity contribution is 8.14. The molecular weight excluding hydrogens is 327 g/mol. The normalized spacial score (nSPS) is 17.5. The highest BCUT2D eigenvalue weighted by Gasteiger charge is 2.31. The number of hydrogen-bond acceptors (Lipinski definition) is 4. The van der Waals surface area contributed by atoms with Gasteiger partial charge in [-0.2, -0.15) is 0 Å². The monoisotopic (exact) mass is 339 g/mol. The summed E-state index contributed by atoms with van der Waals surface area (Å²) in [5, 5.41) is 4.87. The van der Waals surface area contributed by atoms with E-state index >= 15 is 0 Å². The number of alkyl halides is 3. The van der Waals surface area contributed by atoms with Crippen LogP contribution in [0.1, 0.15) is 18.1 Å². The minimum Gasteiger partial charge on any atom is -0.406 e. The zero-order chi connectivity index (χ0) is 16.3. The number of halogens is 3. The van der Waals surface area contributed by atoms with Gasteiger partial charge in [0.05, 0.1) is 0 Å². The zero-order valence-electron chi connectivity index (χ0n) is 11.8. The lowest BCUT2D eigenvalue weighted by molar-refractivity contribution is -0.274.